The van der Waals surface area contributed by atoms with Gasteiger partial charge in [0.05, 0.1) is 5.60 Å². The lowest BCUT2D eigenvalue weighted by atomic mass is 10.1. The Bertz CT molecular complexity index is 756. The molecule has 0 aliphatic heterocycles. The fourth-order valence-corrected chi connectivity index (χ4v) is 1.60. The second-order valence-electron chi connectivity index (χ2n) is 5.54. The van der Waals surface area contributed by atoms with Gasteiger partial charge < -0.3 is 10.4 Å². The highest BCUT2D eigenvalue weighted by Gasteiger charge is 2.15. The first-order valence-corrected chi connectivity index (χ1v) is 6.94. The van der Waals surface area contributed by atoms with Crippen molar-refractivity contribution in [1.29, 1.82) is 0 Å². The van der Waals surface area contributed by atoms with E-state index in [1.54, 1.807) is 19.9 Å². The highest BCUT2D eigenvalue weighted by atomic mass is 19.1. The fraction of sp³-hybridized carbons (Fsp3) is 0.235. The molecule has 0 unspecified atom stereocenters. The predicted molar refractivity (Wildman–Crippen MR) is 83.0 cm³/mol. The fourth-order valence-electron chi connectivity index (χ4n) is 1.60. The Morgan fingerprint density at radius 3 is 2.70 bits per heavy atom. The minimum absolute atomic E-state index is 0.125. The lowest BCUT2D eigenvalue weighted by Gasteiger charge is -2.17. The van der Waals surface area contributed by atoms with Crippen LogP contribution < -0.4 is 5.32 Å². The molecule has 0 aliphatic carbocycles. The highest BCUT2D eigenvalue weighted by molar-refractivity contribution is 5.92. The van der Waals surface area contributed by atoms with E-state index >= 15 is 0 Å². The molecular formula is C17H16FN3O2. The Morgan fingerprint density at radius 2 is 2.09 bits per heavy atom. The molecule has 0 spiro atoms. The van der Waals surface area contributed by atoms with Crippen molar-refractivity contribution in [3.05, 3.63) is 59.4 Å². The molecule has 0 aromatic carbocycles. The van der Waals surface area contributed by atoms with Crippen LogP contribution in [0.1, 0.15) is 35.6 Å². The molecular weight excluding hydrogens is 297 g/mol. The van der Waals surface area contributed by atoms with E-state index in [1.165, 1.54) is 30.6 Å². The molecule has 2 aromatic rings. The van der Waals surface area contributed by atoms with Crippen LogP contribution in [0.2, 0.25) is 0 Å². The number of nitrogens with zero attached hydrogens (tertiary/aromatic N) is 2. The number of aromatic nitrogens is 2. The number of halogens is 1. The Morgan fingerprint density at radius 1 is 1.30 bits per heavy atom. The molecule has 2 N–H and O–H groups in total. The number of pyridine rings is 2. The number of hydrogen-bond donors (Lipinski definition) is 2. The maximum Gasteiger partial charge on any atom is 0.269 e. The first-order valence-electron chi connectivity index (χ1n) is 6.94. The molecule has 5 nitrogen and oxygen atoms in total. The Balaban J connectivity index is 2.04. The second-order valence-corrected chi connectivity index (χ2v) is 5.54. The summed E-state index contributed by atoms with van der Waals surface area (Å²) in [7, 11) is 0. The third-order valence-corrected chi connectivity index (χ3v) is 2.73. The molecule has 0 radical (unpaired) electrons. The van der Waals surface area contributed by atoms with E-state index in [0.717, 1.165) is 0 Å². The Labute approximate surface area is 133 Å². The molecule has 2 aromatic heterocycles. The summed E-state index contributed by atoms with van der Waals surface area (Å²) in [5, 5.41) is 12.2. The van der Waals surface area contributed by atoms with Crippen LogP contribution in [0.3, 0.4) is 0 Å². The summed E-state index contributed by atoms with van der Waals surface area (Å²) in [6, 6.07) is 5.65. The maximum absolute atomic E-state index is 13.0. The average molecular weight is 313 g/mol. The zero-order valence-corrected chi connectivity index (χ0v) is 12.8. The maximum atomic E-state index is 13.0. The van der Waals surface area contributed by atoms with Crippen molar-refractivity contribution < 1.29 is 14.3 Å². The summed E-state index contributed by atoms with van der Waals surface area (Å²) in [5.41, 5.74) is 0.134. The molecule has 23 heavy (non-hydrogen) atoms. The van der Waals surface area contributed by atoms with Gasteiger partial charge in [-0.3, -0.25) is 4.79 Å². The number of hydrogen-bond acceptors (Lipinski definition) is 4. The molecule has 0 aliphatic rings. The van der Waals surface area contributed by atoms with Crippen LogP contribution >= 0.6 is 0 Å². The standard InChI is InChI=1S/C17H16FN3O2/c1-17(2,23)11-21-16(22)15-6-4-12(10-20-15)3-5-14-9-13(18)7-8-19-14/h4,6-10,23H,11H2,1-2H3,(H,21,22). The number of carbonyl (C=O) groups is 1. The van der Waals surface area contributed by atoms with E-state index < -0.39 is 11.4 Å². The van der Waals surface area contributed by atoms with Crippen molar-refractivity contribution in [2.75, 3.05) is 6.54 Å². The second kappa shape index (κ2) is 6.99. The van der Waals surface area contributed by atoms with Gasteiger partial charge in [0, 0.05) is 30.6 Å². The summed E-state index contributed by atoms with van der Waals surface area (Å²) >= 11 is 0. The largest absolute Gasteiger partial charge is 0.389 e. The summed E-state index contributed by atoms with van der Waals surface area (Å²) in [6.45, 7) is 3.32. The monoisotopic (exact) mass is 313 g/mol. The molecule has 0 atom stereocenters. The summed E-state index contributed by atoms with van der Waals surface area (Å²) in [5.74, 6) is 4.74. The van der Waals surface area contributed by atoms with Crippen LogP contribution in [0.25, 0.3) is 0 Å². The van der Waals surface area contributed by atoms with E-state index in [2.05, 4.69) is 27.1 Å². The quantitative estimate of drug-likeness (QED) is 0.843. The molecule has 0 saturated carbocycles. The highest BCUT2D eigenvalue weighted by Crippen LogP contribution is 2.03. The van der Waals surface area contributed by atoms with Gasteiger partial charge in [0.2, 0.25) is 0 Å². The predicted octanol–water partition coefficient (Wildman–Crippen LogP) is 1.52. The van der Waals surface area contributed by atoms with Gasteiger partial charge in [-0.15, -0.1) is 0 Å². The van der Waals surface area contributed by atoms with E-state index in [9.17, 15) is 14.3 Å². The van der Waals surface area contributed by atoms with Crippen LogP contribution in [0.5, 0.6) is 0 Å². The topological polar surface area (TPSA) is 75.1 Å². The Hall–Kier alpha value is -2.78. The SMILES string of the molecule is CC(C)(O)CNC(=O)c1ccc(C#Cc2cc(F)ccn2)cn1. The van der Waals surface area contributed by atoms with E-state index in [4.69, 9.17) is 0 Å². The van der Waals surface area contributed by atoms with Gasteiger partial charge in [0.15, 0.2) is 0 Å². The minimum atomic E-state index is -0.987. The van der Waals surface area contributed by atoms with Crippen LogP contribution in [0.4, 0.5) is 4.39 Å². The van der Waals surface area contributed by atoms with Crippen LogP contribution in [0, 0.1) is 17.7 Å². The van der Waals surface area contributed by atoms with E-state index in [-0.39, 0.29) is 18.1 Å². The van der Waals surface area contributed by atoms with E-state index in [0.29, 0.717) is 11.3 Å². The molecule has 2 heterocycles. The zero-order valence-electron chi connectivity index (χ0n) is 12.8. The van der Waals surface area contributed by atoms with Gasteiger partial charge in [0.1, 0.15) is 17.2 Å². The van der Waals surface area contributed by atoms with Gasteiger partial charge in [-0.05, 0) is 38.0 Å². The van der Waals surface area contributed by atoms with Crippen molar-refractivity contribution in [2.24, 2.45) is 0 Å². The first-order chi connectivity index (χ1) is 10.8. The molecule has 0 saturated heterocycles. The van der Waals surface area contributed by atoms with Crippen molar-refractivity contribution in [3.8, 4) is 11.8 Å². The van der Waals surface area contributed by atoms with Gasteiger partial charge in [0.25, 0.3) is 5.91 Å². The molecule has 118 valence electrons. The molecule has 1 amide bonds. The van der Waals surface area contributed by atoms with Crippen molar-refractivity contribution in [3.63, 3.8) is 0 Å². The van der Waals surface area contributed by atoms with Gasteiger partial charge in [-0.2, -0.15) is 0 Å². The molecule has 0 bridgehead atoms. The Kier molecular flexibility index (Phi) is 5.04. The van der Waals surface area contributed by atoms with E-state index in [1.807, 2.05) is 0 Å². The van der Waals surface area contributed by atoms with Crippen LogP contribution in [0.15, 0.2) is 36.7 Å². The van der Waals surface area contributed by atoms with Crippen molar-refractivity contribution in [2.45, 2.75) is 19.4 Å². The van der Waals surface area contributed by atoms with Gasteiger partial charge in [-0.25, -0.2) is 14.4 Å². The lowest BCUT2D eigenvalue weighted by Crippen LogP contribution is -2.38. The third kappa shape index (κ3) is 5.49. The molecule has 0 fully saturated rings. The van der Waals surface area contributed by atoms with Crippen LogP contribution in [-0.4, -0.2) is 33.1 Å². The average Bonchev–Trinajstić information content (AvgIpc) is 2.50. The van der Waals surface area contributed by atoms with Gasteiger partial charge in [-0.1, -0.05) is 5.92 Å². The molecule has 6 heteroatoms. The number of nitrogens with one attached hydrogen (secondary N) is 1. The normalized spacial score (nSPS) is 10.6. The number of aliphatic hydroxyl groups is 1. The number of carbonyl (C=O) groups excluding carboxylic acids is 1. The minimum Gasteiger partial charge on any atom is -0.389 e. The summed E-state index contributed by atoms with van der Waals surface area (Å²) in [6.07, 6.45) is 2.79. The third-order valence-electron chi connectivity index (χ3n) is 2.73. The van der Waals surface area contributed by atoms with Crippen molar-refractivity contribution >= 4 is 5.91 Å². The smallest absolute Gasteiger partial charge is 0.269 e. The number of rotatable bonds is 3. The lowest BCUT2D eigenvalue weighted by molar-refractivity contribution is 0.0692. The molecule has 2 rings (SSSR count). The van der Waals surface area contributed by atoms with Gasteiger partial charge >= 0.3 is 0 Å². The number of amides is 1. The zero-order chi connectivity index (χ0) is 16.9. The first kappa shape index (κ1) is 16.6. The summed E-state index contributed by atoms with van der Waals surface area (Å²) < 4.78 is 13.0. The van der Waals surface area contributed by atoms with Crippen LogP contribution in [-0.2, 0) is 0 Å². The summed E-state index contributed by atoms with van der Waals surface area (Å²) in [4.78, 5) is 19.8. The van der Waals surface area contributed by atoms with Crippen molar-refractivity contribution in [1.82, 2.24) is 15.3 Å².